The highest BCUT2D eigenvalue weighted by Crippen LogP contribution is 2.36. The molecule has 4 aromatic heterocycles. The number of sulfonamides is 2. The molecule has 79 heavy (non-hydrogen) atoms. The van der Waals surface area contributed by atoms with Gasteiger partial charge in [0.25, 0.3) is 5.91 Å². The van der Waals surface area contributed by atoms with Crippen LogP contribution in [0.3, 0.4) is 0 Å². The highest BCUT2D eigenvalue weighted by Gasteiger charge is 2.34. The maximum Gasteiger partial charge on any atom is 0.410 e. The first-order valence-electron chi connectivity index (χ1n) is 26.0. The maximum absolute atomic E-state index is 13.7. The van der Waals surface area contributed by atoms with E-state index in [-0.39, 0.29) is 58.2 Å². The van der Waals surface area contributed by atoms with Crippen LogP contribution in [0.25, 0.3) is 11.3 Å². The number of carboxylic acid groups (broad SMARTS) is 1. The lowest BCUT2D eigenvalue weighted by Crippen LogP contribution is -2.39. The van der Waals surface area contributed by atoms with Crippen LogP contribution in [0.1, 0.15) is 113 Å². The van der Waals surface area contributed by atoms with Crippen molar-refractivity contribution in [3.63, 3.8) is 0 Å². The first kappa shape index (κ1) is 56.5. The molecular formula is C54H62Cl2N12O9S2. The molecule has 0 saturated carbocycles. The number of aromatic nitrogens is 6. The first-order valence-corrected chi connectivity index (χ1v) is 30.5. The van der Waals surface area contributed by atoms with Crippen LogP contribution in [0.2, 0.25) is 10.0 Å². The average Bonchev–Trinajstić information content (AvgIpc) is 4.12. The van der Waals surface area contributed by atoms with Crippen molar-refractivity contribution in [2.24, 2.45) is 0 Å². The van der Waals surface area contributed by atoms with Crippen LogP contribution in [-0.4, -0.2) is 131 Å². The molecule has 4 fully saturated rings. The number of likely N-dealkylation sites (tertiary alicyclic amines) is 2. The minimum atomic E-state index is -3.56. The summed E-state index contributed by atoms with van der Waals surface area (Å²) in [4.78, 5) is 55.1. The van der Waals surface area contributed by atoms with E-state index in [1.807, 2.05) is 69.4 Å². The zero-order chi connectivity index (χ0) is 56.2. The number of aryl methyl sites for hydroxylation is 2. The van der Waals surface area contributed by atoms with E-state index in [1.54, 1.807) is 11.0 Å². The Labute approximate surface area is 468 Å². The van der Waals surface area contributed by atoms with E-state index in [2.05, 4.69) is 32.2 Å². The van der Waals surface area contributed by atoms with Gasteiger partial charge >= 0.3 is 12.1 Å². The van der Waals surface area contributed by atoms with Gasteiger partial charge in [0.2, 0.25) is 20.0 Å². The summed E-state index contributed by atoms with van der Waals surface area (Å²) >= 11 is 11.8. The second kappa shape index (κ2) is 24.0. The third kappa shape index (κ3) is 13.8. The summed E-state index contributed by atoms with van der Waals surface area (Å²) in [5.74, 6) is 0.445. The molecule has 4 saturated heterocycles. The van der Waals surface area contributed by atoms with Gasteiger partial charge in [-0.05, 0) is 107 Å². The van der Waals surface area contributed by atoms with Crippen molar-refractivity contribution < 1.29 is 41.1 Å². The van der Waals surface area contributed by atoms with Crippen molar-refractivity contribution in [2.75, 3.05) is 71.0 Å². The molecule has 0 radical (unpaired) electrons. The van der Waals surface area contributed by atoms with Gasteiger partial charge in [-0.1, -0.05) is 53.5 Å². The molecule has 418 valence electrons. The quantitative estimate of drug-likeness (QED) is 0.103. The van der Waals surface area contributed by atoms with Gasteiger partial charge in [0.15, 0.2) is 11.3 Å². The molecule has 8 heterocycles. The van der Waals surface area contributed by atoms with E-state index < -0.39 is 26.0 Å². The summed E-state index contributed by atoms with van der Waals surface area (Å²) < 4.78 is 59.4. The number of halogens is 2. The second-order valence-electron chi connectivity index (χ2n) is 20.1. The predicted molar refractivity (Wildman–Crippen MR) is 303 cm³/mol. The number of hydrogen-bond donors (Lipinski definition) is 3. The number of piperidine rings is 2. The van der Waals surface area contributed by atoms with Crippen LogP contribution in [-0.2, 0) is 31.4 Å². The highest BCUT2D eigenvalue weighted by molar-refractivity contribution is 7.92. The van der Waals surface area contributed by atoms with Crippen molar-refractivity contribution in [1.29, 1.82) is 0 Å². The Hall–Kier alpha value is -7.21. The minimum Gasteiger partial charge on any atom is -0.478 e. The number of hydrogen-bond acceptors (Lipinski definition) is 14. The van der Waals surface area contributed by atoms with E-state index >= 15 is 0 Å². The van der Waals surface area contributed by atoms with Crippen LogP contribution >= 0.6 is 23.2 Å². The Morgan fingerprint density at radius 3 is 1.54 bits per heavy atom. The molecule has 0 spiro atoms. The Balaban J connectivity index is 0.000000154. The minimum absolute atomic E-state index is 0.00519. The number of nitrogens with zero attached hydrogens (tertiary/aromatic N) is 10. The Kier molecular flexibility index (Phi) is 17.2. The number of rotatable bonds is 12. The van der Waals surface area contributed by atoms with E-state index in [1.165, 1.54) is 43.2 Å². The van der Waals surface area contributed by atoms with E-state index in [9.17, 15) is 31.2 Å². The van der Waals surface area contributed by atoms with Gasteiger partial charge in [0.1, 0.15) is 18.2 Å². The monoisotopic (exact) mass is 1160 g/mol. The maximum atomic E-state index is 13.7. The molecule has 3 aromatic carbocycles. The van der Waals surface area contributed by atoms with E-state index in [0.29, 0.717) is 18.1 Å². The summed E-state index contributed by atoms with van der Waals surface area (Å²) in [5.41, 5.74) is 6.56. The molecular weight excluding hydrogens is 1100 g/mol. The van der Waals surface area contributed by atoms with Gasteiger partial charge in [-0.15, -0.1) is 0 Å². The lowest BCUT2D eigenvalue weighted by molar-refractivity contribution is 0.0605. The Morgan fingerprint density at radius 2 is 1.08 bits per heavy atom. The molecule has 2 amide bonds. The summed E-state index contributed by atoms with van der Waals surface area (Å²) in [5, 5.41) is 19.0. The number of fused-ring (bicyclic) bond motifs is 2. The number of ether oxygens (including phenoxy) is 1. The lowest BCUT2D eigenvalue weighted by atomic mass is 9.98. The average molecular weight is 1160 g/mol. The Morgan fingerprint density at radius 1 is 0.608 bits per heavy atom. The third-order valence-corrected chi connectivity index (χ3v) is 15.6. The fourth-order valence-electron chi connectivity index (χ4n) is 9.85. The smallest absolute Gasteiger partial charge is 0.410 e. The normalized spacial score (nSPS) is 17.4. The van der Waals surface area contributed by atoms with Gasteiger partial charge < -0.3 is 24.5 Å². The molecule has 0 bridgehead atoms. The Bertz CT molecular complexity index is 3630. The molecule has 21 nitrogen and oxygen atoms in total. The van der Waals surface area contributed by atoms with Crippen molar-refractivity contribution >= 4 is 95.5 Å². The number of nitrogens with one attached hydrogen (secondary N) is 2. The predicted octanol–water partition coefficient (Wildman–Crippen LogP) is 9.16. The van der Waals surface area contributed by atoms with Crippen LogP contribution in [0.5, 0.6) is 0 Å². The number of benzene rings is 3. The van der Waals surface area contributed by atoms with Gasteiger partial charge in [-0.3, -0.25) is 19.1 Å². The van der Waals surface area contributed by atoms with Gasteiger partial charge in [0.05, 0.1) is 58.5 Å². The number of carbonyl (C=O) groups is 3. The summed E-state index contributed by atoms with van der Waals surface area (Å²) in [7, 11) is -7.07. The van der Waals surface area contributed by atoms with Crippen LogP contribution in [0.4, 0.5) is 27.8 Å². The second-order valence-corrected chi connectivity index (χ2v) is 24.4. The zero-order valence-corrected chi connectivity index (χ0v) is 47.3. The lowest BCUT2D eigenvalue weighted by Gasteiger charge is -2.35. The molecule has 11 rings (SSSR count). The number of aromatic carboxylic acids is 1. The van der Waals surface area contributed by atoms with E-state index in [4.69, 9.17) is 53.2 Å². The van der Waals surface area contributed by atoms with Gasteiger partial charge in [-0.25, -0.2) is 45.4 Å². The standard InChI is InChI=1S/C23H27ClN6O3S.C23H27N5O2.C8H8ClNO4S/c1-15-12-21(28-9-5-10-28)25-22-14-19(26-30(15)22)20-6-3-4-11-29(20)23(31)17-13-16(24)7-8-18(17)27-34(2,32)33;1-17-14-21(26-11-7-12-26)24-22-15-19(25-28(17)22)20-10-5-6-13-27(20)23(29)30-16-18-8-3-2-4-9-18;1-15(13,14)10-7-3-2-5(9)4-6(7)8(11)12/h7-8,12-14,20,27H,3-6,9-11H2,1-2H3;2-4,8-9,14-15,20H,5-7,10-13,16H2,1H3;2-4,10H,1H3,(H,11,12)/t2*20-;/m00./s1. The topological polar surface area (TPSA) is 246 Å². The fourth-order valence-corrected chi connectivity index (χ4v) is 11.4. The molecule has 2 atom stereocenters. The molecule has 0 unspecified atom stereocenters. The summed E-state index contributed by atoms with van der Waals surface area (Å²) in [6, 6.07) is 26.1. The van der Waals surface area contributed by atoms with Crippen molar-refractivity contribution in [3.05, 3.63) is 141 Å². The van der Waals surface area contributed by atoms with Gasteiger partial charge in [-0.2, -0.15) is 10.2 Å². The third-order valence-electron chi connectivity index (χ3n) is 14.0. The number of anilines is 4. The van der Waals surface area contributed by atoms with Crippen molar-refractivity contribution in [1.82, 2.24) is 39.0 Å². The molecule has 7 aromatic rings. The van der Waals surface area contributed by atoms with Crippen LogP contribution in [0, 0.1) is 13.8 Å². The first-order chi connectivity index (χ1) is 37.7. The number of amides is 2. The molecule has 0 aliphatic carbocycles. The van der Waals surface area contributed by atoms with Crippen LogP contribution in [0.15, 0.2) is 91.0 Å². The molecule has 4 aliphatic heterocycles. The van der Waals surface area contributed by atoms with E-state index in [0.717, 1.165) is 128 Å². The summed E-state index contributed by atoms with van der Waals surface area (Å²) in [6.07, 6.45) is 9.67. The highest BCUT2D eigenvalue weighted by atomic mass is 35.5. The molecule has 4 aliphatic rings. The number of carboxylic acids is 1. The molecule has 3 N–H and O–H groups in total. The zero-order valence-electron chi connectivity index (χ0n) is 44.2. The number of carbonyl (C=O) groups excluding carboxylic acids is 2. The molecule has 25 heteroatoms. The van der Waals surface area contributed by atoms with Crippen LogP contribution < -0.4 is 19.2 Å². The largest absolute Gasteiger partial charge is 0.478 e. The van der Waals surface area contributed by atoms with Crippen molar-refractivity contribution in [3.8, 4) is 0 Å². The summed E-state index contributed by atoms with van der Waals surface area (Å²) in [6.45, 7) is 9.74. The van der Waals surface area contributed by atoms with Crippen molar-refractivity contribution in [2.45, 2.75) is 83.9 Å². The van der Waals surface area contributed by atoms with Gasteiger partial charge in [0, 0.05) is 85.0 Å². The SMILES string of the molecule is CS(=O)(=O)Nc1ccc(Cl)cc1C(=O)O.Cc1cc(N2CCC2)nc2cc([C@@H]3CCCCN3C(=O)OCc3ccccc3)nn12.Cc1cc(N2CCC2)nc2cc([C@@H]3CCCCN3C(=O)c3cc(Cl)ccc3NS(C)(=O)=O)nn12. The fraction of sp³-hybridized carbons (Fsp3) is 0.389.